The van der Waals surface area contributed by atoms with Crippen LogP contribution in [0.25, 0.3) is 0 Å². The first-order chi connectivity index (χ1) is 7.56. The second-order valence-electron chi connectivity index (χ2n) is 4.18. The molecule has 0 aromatic heterocycles. The average Bonchev–Trinajstić information content (AvgIpc) is 2.16. The van der Waals surface area contributed by atoms with Gasteiger partial charge in [0.15, 0.2) is 6.29 Å². The number of hydrogen-bond acceptors (Lipinski definition) is 2. The van der Waals surface area contributed by atoms with E-state index in [4.69, 9.17) is 9.47 Å². The Bertz CT molecular complexity index is 221. The summed E-state index contributed by atoms with van der Waals surface area (Å²) in [5.74, 6) is 0. The van der Waals surface area contributed by atoms with E-state index in [2.05, 4.69) is 34.3 Å². The molecule has 0 aliphatic carbocycles. The van der Waals surface area contributed by atoms with E-state index in [1.807, 2.05) is 18.2 Å². The molecule has 2 heteroatoms. The van der Waals surface area contributed by atoms with E-state index in [9.17, 15) is 0 Å². The van der Waals surface area contributed by atoms with Crippen molar-refractivity contribution in [2.24, 2.45) is 0 Å². The lowest BCUT2D eigenvalue weighted by Gasteiger charge is -2.15. The molecule has 0 aromatic carbocycles. The average molecular weight is 224 g/mol. The van der Waals surface area contributed by atoms with Crippen molar-refractivity contribution < 1.29 is 9.47 Å². The van der Waals surface area contributed by atoms with Gasteiger partial charge >= 0.3 is 0 Å². The van der Waals surface area contributed by atoms with Crippen LogP contribution >= 0.6 is 0 Å². The predicted octanol–water partition coefficient (Wildman–Crippen LogP) is 3.85. The maximum atomic E-state index is 5.58. The predicted molar refractivity (Wildman–Crippen MR) is 69.4 cm³/mol. The van der Waals surface area contributed by atoms with Crippen molar-refractivity contribution in [2.75, 3.05) is 13.2 Å². The monoisotopic (exact) mass is 224 g/mol. The Hall–Kier alpha value is -0.860. The number of hydrogen-bond donors (Lipinski definition) is 0. The van der Waals surface area contributed by atoms with E-state index in [1.54, 1.807) is 0 Å². The summed E-state index contributed by atoms with van der Waals surface area (Å²) in [6.07, 6.45) is 6.42. The van der Waals surface area contributed by atoms with E-state index < -0.39 is 0 Å². The van der Waals surface area contributed by atoms with Crippen molar-refractivity contribution in [2.45, 2.75) is 40.4 Å². The van der Waals surface area contributed by atoms with Gasteiger partial charge in [0.25, 0.3) is 0 Å². The van der Waals surface area contributed by atoms with Crippen LogP contribution in [0, 0.1) is 0 Å². The summed E-state index contributed by atoms with van der Waals surface area (Å²) in [7, 11) is 0. The molecule has 0 spiro atoms. The summed E-state index contributed by atoms with van der Waals surface area (Å²) in [5.41, 5.74) is 2.50. The van der Waals surface area contributed by atoms with Gasteiger partial charge in [0.1, 0.15) is 0 Å². The minimum atomic E-state index is -0.191. The molecular weight excluding hydrogens is 200 g/mol. The second kappa shape index (κ2) is 9.37. The minimum absolute atomic E-state index is 0.191. The zero-order chi connectivity index (χ0) is 12.4. The zero-order valence-electron chi connectivity index (χ0n) is 11.0. The zero-order valence-corrected chi connectivity index (χ0v) is 11.0. The third-order valence-corrected chi connectivity index (χ3v) is 1.91. The van der Waals surface area contributed by atoms with Gasteiger partial charge in [0, 0.05) is 6.42 Å². The normalized spacial score (nSPS) is 10.1. The highest BCUT2D eigenvalue weighted by Crippen LogP contribution is 2.03. The lowest BCUT2D eigenvalue weighted by atomic mass is 10.3. The molecule has 0 fully saturated rings. The van der Waals surface area contributed by atoms with Gasteiger partial charge in [-0.05, 0) is 27.7 Å². The highest BCUT2D eigenvalue weighted by atomic mass is 16.7. The van der Waals surface area contributed by atoms with Crippen molar-refractivity contribution in [1.29, 1.82) is 0 Å². The molecule has 0 radical (unpaired) electrons. The van der Waals surface area contributed by atoms with Crippen LogP contribution in [0.4, 0.5) is 0 Å². The molecule has 0 heterocycles. The molecule has 0 saturated heterocycles. The van der Waals surface area contributed by atoms with Gasteiger partial charge in [-0.15, -0.1) is 6.58 Å². The summed E-state index contributed by atoms with van der Waals surface area (Å²) in [4.78, 5) is 0. The summed E-state index contributed by atoms with van der Waals surface area (Å²) in [6, 6.07) is 0. The fourth-order valence-electron chi connectivity index (χ4n) is 0.964. The third kappa shape index (κ3) is 9.69. The smallest absolute Gasteiger partial charge is 0.161 e. The Balaban J connectivity index is 3.92. The SMILES string of the molecule is C=CCC(OCC=C(C)C)OCC=C(C)C. The Labute approximate surface area is 99.6 Å². The first-order valence-electron chi connectivity index (χ1n) is 5.67. The Morgan fingerprint density at radius 2 is 1.44 bits per heavy atom. The van der Waals surface area contributed by atoms with Gasteiger partial charge in [-0.25, -0.2) is 0 Å². The van der Waals surface area contributed by atoms with E-state index in [0.29, 0.717) is 19.6 Å². The van der Waals surface area contributed by atoms with Crippen molar-refractivity contribution in [3.63, 3.8) is 0 Å². The third-order valence-electron chi connectivity index (χ3n) is 1.91. The van der Waals surface area contributed by atoms with Crippen LogP contribution in [0.3, 0.4) is 0 Å². The second-order valence-corrected chi connectivity index (χ2v) is 4.18. The molecule has 0 aliphatic heterocycles. The van der Waals surface area contributed by atoms with Crippen LogP contribution in [-0.2, 0) is 9.47 Å². The van der Waals surface area contributed by atoms with Crippen LogP contribution < -0.4 is 0 Å². The topological polar surface area (TPSA) is 18.5 Å². The molecular formula is C14H24O2. The lowest BCUT2D eigenvalue weighted by molar-refractivity contribution is -0.124. The number of ether oxygens (including phenoxy) is 2. The maximum absolute atomic E-state index is 5.58. The van der Waals surface area contributed by atoms with Gasteiger partial charge in [-0.1, -0.05) is 29.4 Å². The standard InChI is InChI=1S/C14H24O2/c1-6-7-14(15-10-8-12(2)3)16-11-9-13(4)5/h6,8-9,14H,1,7,10-11H2,2-5H3. The van der Waals surface area contributed by atoms with E-state index in [-0.39, 0.29) is 6.29 Å². The lowest BCUT2D eigenvalue weighted by Crippen LogP contribution is -2.17. The summed E-state index contributed by atoms with van der Waals surface area (Å²) < 4.78 is 11.2. The van der Waals surface area contributed by atoms with Crippen molar-refractivity contribution >= 4 is 0 Å². The molecule has 92 valence electrons. The van der Waals surface area contributed by atoms with Crippen molar-refractivity contribution in [3.8, 4) is 0 Å². The van der Waals surface area contributed by atoms with Crippen LogP contribution in [0.2, 0.25) is 0 Å². The van der Waals surface area contributed by atoms with Crippen LogP contribution in [0.5, 0.6) is 0 Å². The minimum Gasteiger partial charge on any atom is -0.348 e. The van der Waals surface area contributed by atoms with Crippen LogP contribution in [0.1, 0.15) is 34.1 Å². The highest BCUT2D eigenvalue weighted by molar-refractivity contribution is 4.93. The fourth-order valence-corrected chi connectivity index (χ4v) is 0.964. The fraction of sp³-hybridized carbons (Fsp3) is 0.571. The summed E-state index contributed by atoms with van der Waals surface area (Å²) >= 11 is 0. The first kappa shape index (κ1) is 15.1. The molecule has 0 saturated carbocycles. The Morgan fingerprint density at radius 1 is 1.00 bits per heavy atom. The van der Waals surface area contributed by atoms with E-state index in [1.165, 1.54) is 11.1 Å². The van der Waals surface area contributed by atoms with Gasteiger partial charge < -0.3 is 9.47 Å². The molecule has 0 aromatic rings. The van der Waals surface area contributed by atoms with Crippen LogP contribution in [-0.4, -0.2) is 19.5 Å². The molecule has 2 nitrogen and oxygen atoms in total. The van der Waals surface area contributed by atoms with E-state index >= 15 is 0 Å². The molecule has 16 heavy (non-hydrogen) atoms. The molecule has 0 bridgehead atoms. The summed E-state index contributed by atoms with van der Waals surface area (Å²) in [5, 5.41) is 0. The van der Waals surface area contributed by atoms with Gasteiger partial charge in [-0.3, -0.25) is 0 Å². The van der Waals surface area contributed by atoms with Gasteiger partial charge in [0.2, 0.25) is 0 Å². The maximum Gasteiger partial charge on any atom is 0.161 e. The Kier molecular flexibility index (Phi) is 8.87. The number of allylic oxidation sites excluding steroid dienone is 2. The van der Waals surface area contributed by atoms with Crippen LogP contribution in [0.15, 0.2) is 36.0 Å². The quantitative estimate of drug-likeness (QED) is 0.460. The Morgan fingerprint density at radius 3 is 1.75 bits per heavy atom. The molecule has 0 rings (SSSR count). The molecule has 0 N–H and O–H groups in total. The molecule has 0 amide bonds. The molecule has 0 atom stereocenters. The first-order valence-corrected chi connectivity index (χ1v) is 5.67. The van der Waals surface area contributed by atoms with Gasteiger partial charge in [0.05, 0.1) is 13.2 Å². The van der Waals surface area contributed by atoms with Crippen molar-refractivity contribution in [1.82, 2.24) is 0 Å². The molecule has 0 aliphatic rings. The molecule has 0 unspecified atom stereocenters. The number of rotatable bonds is 8. The summed E-state index contributed by atoms with van der Waals surface area (Å²) in [6.45, 7) is 13.1. The van der Waals surface area contributed by atoms with Crippen molar-refractivity contribution in [3.05, 3.63) is 36.0 Å². The largest absolute Gasteiger partial charge is 0.348 e. The van der Waals surface area contributed by atoms with Gasteiger partial charge in [-0.2, -0.15) is 0 Å². The highest BCUT2D eigenvalue weighted by Gasteiger charge is 2.05. The van der Waals surface area contributed by atoms with E-state index in [0.717, 1.165) is 0 Å².